The Balaban J connectivity index is 1.51. The maximum atomic E-state index is 12.4. The number of rotatable bonds is 7. The van der Waals surface area contributed by atoms with Gasteiger partial charge in [0.15, 0.2) is 0 Å². The Morgan fingerprint density at radius 2 is 2.08 bits per heavy atom. The van der Waals surface area contributed by atoms with E-state index in [0.29, 0.717) is 19.1 Å². The molecule has 0 unspecified atom stereocenters. The Morgan fingerprint density at radius 3 is 2.84 bits per heavy atom. The summed E-state index contributed by atoms with van der Waals surface area (Å²) < 4.78 is 11.4. The minimum atomic E-state index is -0.104. The summed E-state index contributed by atoms with van der Waals surface area (Å²) in [6, 6.07) is 8.17. The van der Waals surface area contributed by atoms with E-state index >= 15 is 0 Å². The van der Waals surface area contributed by atoms with E-state index in [1.807, 2.05) is 18.2 Å². The van der Waals surface area contributed by atoms with Gasteiger partial charge in [-0.15, -0.1) is 0 Å². The van der Waals surface area contributed by atoms with Crippen molar-refractivity contribution in [1.29, 1.82) is 0 Å². The standard InChI is InChI=1S/C20H30N2O3/c1-4-10-24-13-15-8-6-5-7-14(15)12-21-19(23)22-17-16-9-11-25-18(16)20(17,2)3/h5-8,16-18H,4,9-13H2,1-3H3,(H2,21,22,23)/t16-,17-,18-/m1/s1. The van der Waals surface area contributed by atoms with Crippen LogP contribution in [0.25, 0.3) is 0 Å². The highest BCUT2D eigenvalue weighted by Gasteiger charge is 2.59. The van der Waals surface area contributed by atoms with Crippen LogP contribution in [0, 0.1) is 11.3 Å². The van der Waals surface area contributed by atoms with Crippen LogP contribution in [-0.4, -0.2) is 31.4 Å². The van der Waals surface area contributed by atoms with Crippen molar-refractivity contribution < 1.29 is 14.3 Å². The van der Waals surface area contributed by atoms with E-state index in [4.69, 9.17) is 9.47 Å². The molecule has 1 aromatic rings. The van der Waals surface area contributed by atoms with Gasteiger partial charge in [-0.3, -0.25) is 0 Å². The van der Waals surface area contributed by atoms with Crippen molar-refractivity contribution in [2.24, 2.45) is 11.3 Å². The van der Waals surface area contributed by atoms with E-state index in [1.165, 1.54) is 0 Å². The maximum Gasteiger partial charge on any atom is 0.315 e. The van der Waals surface area contributed by atoms with Crippen molar-refractivity contribution >= 4 is 6.03 Å². The Hall–Kier alpha value is -1.59. The van der Waals surface area contributed by atoms with E-state index < -0.39 is 0 Å². The van der Waals surface area contributed by atoms with E-state index in [0.717, 1.165) is 37.2 Å². The molecule has 1 aliphatic heterocycles. The van der Waals surface area contributed by atoms with Crippen LogP contribution in [0.15, 0.2) is 24.3 Å². The first-order valence-electron chi connectivity index (χ1n) is 9.34. The van der Waals surface area contributed by atoms with Gasteiger partial charge in [0.1, 0.15) is 0 Å². The second-order valence-electron chi connectivity index (χ2n) is 7.69. The molecule has 2 aliphatic rings. The highest BCUT2D eigenvalue weighted by atomic mass is 16.5. The minimum absolute atomic E-state index is 0.00437. The molecule has 2 N–H and O–H groups in total. The number of carbonyl (C=O) groups is 1. The fourth-order valence-electron chi connectivity index (χ4n) is 4.18. The van der Waals surface area contributed by atoms with E-state index in [9.17, 15) is 4.79 Å². The van der Waals surface area contributed by atoms with Gasteiger partial charge >= 0.3 is 6.03 Å². The first-order valence-corrected chi connectivity index (χ1v) is 9.34. The quantitative estimate of drug-likeness (QED) is 0.745. The van der Waals surface area contributed by atoms with Gasteiger partial charge < -0.3 is 20.1 Å². The molecule has 2 fully saturated rings. The molecule has 0 spiro atoms. The van der Waals surface area contributed by atoms with Crippen LogP contribution in [0.2, 0.25) is 0 Å². The van der Waals surface area contributed by atoms with Gasteiger partial charge in [0.25, 0.3) is 0 Å². The molecule has 5 heteroatoms. The second kappa shape index (κ2) is 7.75. The summed E-state index contributed by atoms with van der Waals surface area (Å²) >= 11 is 0. The average molecular weight is 346 g/mol. The van der Waals surface area contributed by atoms with Crippen LogP contribution >= 0.6 is 0 Å². The predicted molar refractivity (Wildman–Crippen MR) is 97.2 cm³/mol. The molecule has 1 aromatic carbocycles. The van der Waals surface area contributed by atoms with Crippen molar-refractivity contribution in [1.82, 2.24) is 10.6 Å². The third-order valence-electron chi connectivity index (χ3n) is 5.55. The van der Waals surface area contributed by atoms with Gasteiger partial charge in [-0.2, -0.15) is 0 Å². The molecule has 25 heavy (non-hydrogen) atoms. The first kappa shape index (κ1) is 18.2. The van der Waals surface area contributed by atoms with Gasteiger partial charge in [-0.25, -0.2) is 4.79 Å². The molecule has 138 valence electrons. The second-order valence-corrected chi connectivity index (χ2v) is 7.69. The van der Waals surface area contributed by atoms with E-state index in [1.54, 1.807) is 0 Å². The van der Waals surface area contributed by atoms with E-state index in [2.05, 4.69) is 37.5 Å². The molecule has 0 aromatic heterocycles. The topological polar surface area (TPSA) is 59.6 Å². The Bertz CT molecular complexity index is 602. The molecule has 1 heterocycles. The zero-order chi connectivity index (χ0) is 17.9. The minimum Gasteiger partial charge on any atom is -0.377 e. The van der Waals surface area contributed by atoms with Gasteiger partial charge in [-0.1, -0.05) is 45.0 Å². The third kappa shape index (κ3) is 3.82. The Labute approximate surface area is 150 Å². The molecular weight excluding hydrogens is 316 g/mol. The van der Waals surface area contributed by atoms with Crippen LogP contribution in [0.3, 0.4) is 0 Å². The van der Waals surface area contributed by atoms with Crippen molar-refractivity contribution in [3.8, 4) is 0 Å². The fraction of sp³-hybridized carbons (Fsp3) is 0.650. The SMILES string of the molecule is CCCOCc1ccccc1CNC(=O)N[C@@H]1[C@H]2CCO[C@H]2C1(C)C. The summed E-state index contributed by atoms with van der Waals surface area (Å²) in [5, 5.41) is 6.16. The highest BCUT2D eigenvalue weighted by molar-refractivity contribution is 5.74. The zero-order valence-electron chi connectivity index (χ0n) is 15.5. The van der Waals surface area contributed by atoms with E-state index in [-0.39, 0.29) is 23.6 Å². The number of carbonyl (C=O) groups excluding carboxylic acids is 1. The van der Waals surface area contributed by atoms with Gasteiger partial charge in [0, 0.05) is 37.1 Å². The number of ether oxygens (including phenoxy) is 2. The van der Waals surface area contributed by atoms with Crippen molar-refractivity contribution in [2.45, 2.75) is 58.9 Å². The monoisotopic (exact) mass is 346 g/mol. The molecular formula is C20H30N2O3. The molecule has 1 saturated heterocycles. The van der Waals surface area contributed by atoms with Crippen LogP contribution < -0.4 is 10.6 Å². The molecule has 0 radical (unpaired) electrons. The molecule has 3 rings (SSSR count). The maximum absolute atomic E-state index is 12.4. The van der Waals surface area contributed by atoms with Gasteiger partial charge in [0.2, 0.25) is 0 Å². The molecule has 1 aliphatic carbocycles. The average Bonchev–Trinajstić information content (AvgIpc) is 3.06. The van der Waals surface area contributed by atoms with Crippen LogP contribution in [0.4, 0.5) is 4.79 Å². The molecule has 0 bridgehead atoms. The number of hydrogen-bond acceptors (Lipinski definition) is 3. The third-order valence-corrected chi connectivity index (χ3v) is 5.55. The Kier molecular flexibility index (Phi) is 5.64. The molecule has 3 atom stereocenters. The van der Waals surface area contributed by atoms with Gasteiger partial charge in [-0.05, 0) is 24.0 Å². The number of amides is 2. The van der Waals surface area contributed by atoms with Crippen LogP contribution in [0.5, 0.6) is 0 Å². The summed E-state index contributed by atoms with van der Waals surface area (Å²) in [6.45, 7) is 9.10. The molecule has 5 nitrogen and oxygen atoms in total. The summed E-state index contributed by atoms with van der Waals surface area (Å²) in [4.78, 5) is 12.4. The summed E-state index contributed by atoms with van der Waals surface area (Å²) in [5.41, 5.74) is 2.23. The van der Waals surface area contributed by atoms with Gasteiger partial charge in [0.05, 0.1) is 12.7 Å². The predicted octanol–water partition coefficient (Wildman–Crippen LogP) is 3.23. The number of fused-ring (bicyclic) bond motifs is 1. The number of benzene rings is 1. The summed E-state index contributed by atoms with van der Waals surface area (Å²) in [7, 11) is 0. The first-order chi connectivity index (χ1) is 12.0. The summed E-state index contributed by atoms with van der Waals surface area (Å²) in [5.74, 6) is 0.454. The lowest BCUT2D eigenvalue weighted by Crippen LogP contribution is -2.67. The van der Waals surface area contributed by atoms with Crippen molar-refractivity contribution in [2.75, 3.05) is 13.2 Å². The lowest BCUT2D eigenvalue weighted by molar-refractivity contribution is -0.108. The number of hydrogen-bond donors (Lipinski definition) is 2. The zero-order valence-corrected chi connectivity index (χ0v) is 15.5. The van der Waals surface area contributed by atoms with Crippen LogP contribution in [-0.2, 0) is 22.6 Å². The fourth-order valence-corrected chi connectivity index (χ4v) is 4.18. The lowest BCUT2D eigenvalue weighted by Gasteiger charge is -2.54. The highest BCUT2D eigenvalue weighted by Crippen LogP contribution is 2.52. The lowest BCUT2D eigenvalue weighted by atomic mass is 9.57. The number of urea groups is 1. The molecule has 1 saturated carbocycles. The largest absolute Gasteiger partial charge is 0.377 e. The van der Waals surface area contributed by atoms with Crippen molar-refractivity contribution in [3.63, 3.8) is 0 Å². The Morgan fingerprint density at radius 1 is 1.32 bits per heavy atom. The van der Waals surface area contributed by atoms with Crippen LogP contribution in [0.1, 0.15) is 44.7 Å². The molecule has 2 amide bonds. The smallest absolute Gasteiger partial charge is 0.315 e. The normalized spacial score (nSPS) is 26.6. The van der Waals surface area contributed by atoms with Crippen molar-refractivity contribution in [3.05, 3.63) is 35.4 Å². The summed E-state index contributed by atoms with van der Waals surface area (Å²) in [6.07, 6.45) is 2.33. The number of nitrogens with one attached hydrogen (secondary N) is 2.